The number of nitrogens with zero attached hydrogens (tertiary/aromatic N) is 2. The zero-order chi connectivity index (χ0) is 16.2. The van der Waals surface area contributed by atoms with Gasteiger partial charge in [-0.2, -0.15) is 0 Å². The maximum Gasteiger partial charge on any atom is 0.204 e. The van der Waals surface area contributed by atoms with Gasteiger partial charge in [0.2, 0.25) is 5.88 Å². The average Bonchev–Trinajstić information content (AvgIpc) is 2.89. The fraction of sp³-hybridized carbons (Fsp3) is 0.471. The highest BCUT2D eigenvalue weighted by Crippen LogP contribution is 2.41. The minimum atomic E-state index is -0.0313. The lowest BCUT2D eigenvalue weighted by molar-refractivity contribution is -0.112. The number of ketones is 1. The molecular formula is C17H22N2O4. The molecule has 0 aromatic heterocycles. The summed E-state index contributed by atoms with van der Waals surface area (Å²) in [4.78, 5) is 15.9. The summed E-state index contributed by atoms with van der Waals surface area (Å²) in [6.07, 6.45) is 1.53. The van der Waals surface area contributed by atoms with E-state index in [1.807, 2.05) is 23.1 Å². The van der Waals surface area contributed by atoms with Gasteiger partial charge in [-0.25, -0.2) is 0 Å². The predicted octanol–water partition coefficient (Wildman–Crippen LogP) is 1.66. The lowest BCUT2D eigenvalue weighted by Gasteiger charge is -2.29. The molecule has 6 heteroatoms. The second-order valence-corrected chi connectivity index (χ2v) is 5.63. The van der Waals surface area contributed by atoms with Crippen LogP contribution < -0.4 is 14.4 Å². The molecule has 2 heterocycles. The standard InChI is InChI=1S/C17H22N2O4/c1-13(20)11-17-19(6-5-18-7-9-22-10-8-18)15-12-14(21-2)3-4-16(15)23-17/h3-4,11-12H,5-10H2,1-2H3/b17-11-. The normalized spacial score (nSPS) is 19.6. The Morgan fingerprint density at radius 3 is 2.78 bits per heavy atom. The largest absolute Gasteiger partial charge is 0.497 e. The summed E-state index contributed by atoms with van der Waals surface area (Å²) in [6.45, 7) is 6.59. The molecule has 0 unspecified atom stereocenters. The van der Waals surface area contributed by atoms with E-state index in [-0.39, 0.29) is 5.78 Å². The third-order valence-electron chi connectivity index (χ3n) is 4.01. The van der Waals surface area contributed by atoms with Crippen molar-refractivity contribution in [3.05, 3.63) is 30.2 Å². The van der Waals surface area contributed by atoms with Crippen molar-refractivity contribution >= 4 is 11.5 Å². The van der Waals surface area contributed by atoms with E-state index in [9.17, 15) is 4.79 Å². The van der Waals surface area contributed by atoms with Crippen molar-refractivity contribution in [2.75, 3.05) is 51.4 Å². The molecule has 1 aromatic rings. The Morgan fingerprint density at radius 1 is 1.30 bits per heavy atom. The first-order valence-electron chi connectivity index (χ1n) is 7.83. The zero-order valence-electron chi connectivity index (χ0n) is 13.6. The van der Waals surface area contributed by atoms with Crippen molar-refractivity contribution < 1.29 is 19.0 Å². The number of hydrogen-bond acceptors (Lipinski definition) is 6. The number of benzene rings is 1. The number of carbonyl (C=O) groups is 1. The van der Waals surface area contributed by atoms with E-state index < -0.39 is 0 Å². The highest BCUT2D eigenvalue weighted by Gasteiger charge is 2.27. The van der Waals surface area contributed by atoms with Crippen molar-refractivity contribution in [1.29, 1.82) is 0 Å². The molecule has 3 rings (SSSR count). The van der Waals surface area contributed by atoms with Gasteiger partial charge in [0, 0.05) is 38.3 Å². The van der Waals surface area contributed by atoms with Gasteiger partial charge < -0.3 is 19.1 Å². The molecule has 0 aliphatic carbocycles. The van der Waals surface area contributed by atoms with E-state index in [0.29, 0.717) is 5.88 Å². The molecule has 2 aliphatic heterocycles. The summed E-state index contributed by atoms with van der Waals surface area (Å²) in [5, 5.41) is 0. The SMILES string of the molecule is COc1ccc2c(c1)N(CCN1CCOCC1)/C(=C/C(C)=O)O2. The highest BCUT2D eigenvalue weighted by molar-refractivity contribution is 5.89. The van der Waals surface area contributed by atoms with E-state index in [0.717, 1.165) is 56.6 Å². The third-order valence-corrected chi connectivity index (χ3v) is 4.01. The molecule has 0 bridgehead atoms. The highest BCUT2D eigenvalue weighted by atomic mass is 16.5. The third kappa shape index (κ3) is 3.65. The number of hydrogen-bond donors (Lipinski definition) is 0. The summed E-state index contributed by atoms with van der Waals surface area (Å²) >= 11 is 0. The molecule has 0 N–H and O–H groups in total. The number of anilines is 1. The van der Waals surface area contributed by atoms with Gasteiger partial charge >= 0.3 is 0 Å². The van der Waals surface area contributed by atoms with Crippen LogP contribution in [-0.2, 0) is 9.53 Å². The summed E-state index contributed by atoms with van der Waals surface area (Å²) < 4.78 is 16.5. The topological polar surface area (TPSA) is 51.2 Å². The van der Waals surface area contributed by atoms with Gasteiger partial charge in [-0.05, 0) is 19.1 Å². The van der Waals surface area contributed by atoms with Crippen molar-refractivity contribution in [1.82, 2.24) is 4.90 Å². The maximum absolute atomic E-state index is 11.5. The van der Waals surface area contributed by atoms with Crippen LogP contribution in [0.3, 0.4) is 0 Å². The van der Waals surface area contributed by atoms with Gasteiger partial charge in [-0.1, -0.05) is 0 Å². The lowest BCUT2D eigenvalue weighted by Crippen LogP contribution is -2.41. The molecule has 0 radical (unpaired) electrons. The maximum atomic E-state index is 11.5. The monoisotopic (exact) mass is 318 g/mol. The van der Waals surface area contributed by atoms with Crippen molar-refractivity contribution in [3.63, 3.8) is 0 Å². The van der Waals surface area contributed by atoms with Gasteiger partial charge in [0.1, 0.15) is 5.75 Å². The molecule has 124 valence electrons. The second kappa shape index (κ2) is 7.02. The molecule has 1 aromatic carbocycles. The fourth-order valence-corrected chi connectivity index (χ4v) is 2.79. The van der Waals surface area contributed by atoms with E-state index in [4.69, 9.17) is 14.2 Å². The van der Waals surface area contributed by atoms with Crippen LogP contribution in [0.15, 0.2) is 30.2 Å². The molecule has 0 amide bonds. The van der Waals surface area contributed by atoms with Crippen molar-refractivity contribution in [2.45, 2.75) is 6.92 Å². The van der Waals surface area contributed by atoms with Crippen LogP contribution in [0.4, 0.5) is 5.69 Å². The van der Waals surface area contributed by atoms with Gasteiger partial charge in [0.05, 0.1) is 26.0 Å². The van der Waals surface area contributed by atoms with E-state index >= 15 is 0 Å². The summed E-state index contributed by atoms with van der Waals surface area (Å²) in [5.41, 5.74) is 0.935. The van der Waals surface area contributed by atoms with E-state index in [1.165, 1.54) is 13.0 Å². The van der Waals surface area contributed by atoms with Gasteiger partial charge in [0.25, 0.3) is 0 Å². The number of ether oxygens (including phenoxy) is 3. The number of allylic oxidation sites excluding steroid dienone is 1. The Kier molecular flexibility index (Phi) is 4.83. The second-order valence-electron chi connectivity index (χ2n) is 5.63. The number of rotatable bonds is 5. The first-order valence-corrected chi connectivity index (χ1v) is 7.83. The van der Waals surface area contributed by atoms with Crippen LogP contribution in [0.25, 0.3) is 0 Å². The molecule has 1 saturated heterocycles. The predicted molar refractivity (Wildman–Crippen MR) is 87.0 cm³/mol. The molecular weight excluding hydrogens is 296 g/mol. The first-order chi connectivity index (χ1) is 11.2. The smallest absolute Gasteiger partial charge is 0.204 e. The average molecular weight is 318 g/mol. The van der Waals surface area contributed by atoms with Crippen LogP contribution in [0, 0.1) is 0 Å². The number of carbonyl (C=O) groups excluding carboxylic acids is 1. The van der Waals surface area contributed by atoms with Crippen molar-refractivity contribution in [2.24, 2.45) is 0 Å². The Bertz CT molecular complexity index is 609. The number of methoxy groups -OCH3 is 1. The minimum absolute atomic E-state index is 0.0313. The summed E-state index contributed by atoms with van der Waals surface area (Å²) in [7, 11) is 1.64. The summed E-state index contributed by atoms with van der Waals surface area (Å²) in [5.74, 6) is 2.07. The van der Waals surface area contributed by atoms with Gasteiger partial charge in [-0.3, -0.25) is 9.69 Å². The molecule has 0 saturated carbocycles. The van der Waals surface area contributed by atoms with Crippen LogP contribution >= 0.6 is 0 Å². The van der Waals surface area contributed by atoms with Gasteiger partial charge in [-0.15, -0.1) is 0 Å². The zero-order valence-corrected chi connectivity index (χ0v) is 13.6. The van der Waals surface area contributed by atoms with Gasteiger partial charge in [0.15, 0.2) is 11.5 Å². The Hall–Kier alpha value is -2.05. The van der Waals surface area contributed by atoms with Crippen LogP contribution in [0.1, 0.15) is 6.92 Å². The molecule has 0 spiro atoms. The number of morpholine rings is 1. The summed E-state index contributed by atoms with van der Waals surface area (Å²) in [6, 6.07) is 5.67. The minimum Gasteiger partial charge on any atom is -0.497 e. The molecule has 6 nitrogen and oxygen atoms in total. The molecule has 0 atom stereocenters. The number of fused-ring (bicyclic) bond motifs is 1. The Balaban J connectivity index is 1.79. The van der Waals surface area contributed by atoms with Crippen molar-refractivity contribution in [3.8, 4) is 11.5 Å². The molecule has 23 heavy (non-hydrogen) atoms. The Morgan fingerprint density at radius 2 is 2.09 bits per heavy atom. The Labute approximate surface area is 136 Å². The lowest BCUT2D eigenvalue weighted by atomic mass is 10.2. The van der Waals surface area contributed by atoms with Crippen LogP contribution in [-0.4, -0.2) is 57.2 Å². The quantitative estimate of drug-likeness (QED) is 0.770. The van der Waals surface area contributed by atoms with Crippen LogP contribution in [0.5, 0.6) is 11.5 Å². The van der Waals surface area contributed by atoms with Crippen LogP contribution in [0.2, 0.25) is 0 Å². The van der Waals surface area contributed by atoms with E-state index in [1.54, 1.807) is 7.11 Å². The molecule has 1 fully saturated rings. The molecule has 2 aliphatic rings. The van der Waals surface area contributed by atoms with E-state index in [2.05, 4.69) is 4.90 Å². The fourth-order valence-electron chi connectivity index (χ4n) is 2.79. The first kappa shape index (κ1) is 15.8.